The Bertz CT molecular complexity index is 4050. The van der Waals surface area contributed by atoms with Crippen molar-refractivity contribution >= 4 is 107 Å². The maximum atomic E-state index is 15.3. The molecule has 0 N–H and O–H groups in total. The molecular weight excluding hydrogens is 851 g/mol. The summed E-state index contributed by atoms with van der Waals surface area (Å²) in [4.78, 5) is 0. The maximum Gasteiger partial charge on any atom is 0.123 e. The molecule has 9 aromatic carbocycles. The van der Waals surface area contributed by atoms with Gasteiger partial charge < -0.3 is 9.13 Å². The fourth-order valence-electron chi connectivity index (χ4n) is 11.1. The SMILES string of the molecule is CC(C)c1c(-c2ccc(F)cc2)c(-n2c3ccccc3c3c4sc5ccccc5c4ccc32)c(-c2ccc(F)cc2)c(C(C)C)c1-n1c2ccccc2c2c3sc4ccccc4c3ccc21. The number of fused-ring (bicyclic) bond motifs is 14. The maximum absolute atomic E-state index is 15.3. The van der Waals surface area contributed by atoms with Crippen molar-refractivity contribution in [1.82, 2.24) is 9.13 Å². The van der Waals surface area contributed by atoms with E-state index in [1.54, 1.807) is 24.3 Å². The number of halogens is 2. The first kappa shape index (κ1) is 39.3. The van der Waals surface area contributed by atoms with Crippen LogP contribution in [0.4, 0.5) is 8.78 Å². The first-order valence-corrected chi connectivity index (χ1v) is 24.3. The average Bonchev–Trinajstić information content (AvgIpc) is 4.09. The van der Waals surface area contributed by atoms with E-state index in [1.807, 2.05) is 46.9 Å². The molecule has 0 atom stereocenters. The van der Waals surface area contributed by atoms with Crippen LogP contribution in [0.25, 0.3) is 118 Å². The largest absolute Gasteiger partial charge is 0.309 e. The van der Waals surface area contributed by atoms with Gasteiger partial charge in [0.25, 0.3) is 0 Å². The molecule has 2 nitrogen and oxygen atoms in total. The molecular formula is C60H42F2N2S2. The van der Waals surface area contributed by atoms with Gasteiger partial charge in [0.15, 0.2) is 0 Å². The van der Waals surface area contributed by atoms with E-state index < -0.39 is 0 Å². The Hall–Kier alpha value is -7.12. The molecule has 0 saturated heterocycles. The summed E-state index contributed by atoms with van der Waals surface area (Å²) in [5.41, 5.74) is 12.7. The summed E-state index contributed by atoms with van der Waals surface area (Å²) in [5.74, 6) is -0.568. The van der Waals surface area contributed by atoms with Crippen LogP contribution in [-0.2, 0) is 0 Å². The minimum atomic E-state index is -0.289. The quantitative estimate of drug-likeness (QED) is 0.157. The summed E-state index contributed by atoms with van der Waals surface area (Å²) in [6.07, 6.45) is 0. The lowest BCUT2D eigenvalue weighted by molar-refractivity contribution is 0.627. The van der Waals surface area contributed by atoms with Gasteiger partial charge in [0.1, 0.15) is 11.6 Å². The molecule has 0 aliphatic carbocycles. The summed E-state index contributed by atoms with van der Waals surface area (Å²) < 4.78 is 40.5. The van der Waals surface area contributed by atoms with Gasteiger partial charge in [-0.1, -0.05) is 137 Å². The lowest BCUT2D eigenvalue weighted by atomic mass is 9.79. The van der Waals surface area contributed by atoms with E-state index in [2.05, 4.69) is 158 Å². The first-order chi connectivity index (χ1) is 32.3. The topological polar surface area (TPSA) is 9.86 Å². The Morgan fingerprint density at radius 2 is 0.742 bits per heavy atom. The zero-order valence-electron chi connectivity index (χ0n) is 36.8. The van der Waals surface area contributed by atoms with Crippen LogP contribution in [0.2, 0.25) is 0 Å². The molecule has 318 valence electrons. The predicted molar refractivity (Wildman–Crippen MR) is 280 cm³/mol. The molecule has 0 bridgehead atoms. The number of nitrogens with zero attached hydrogens (tertiary/aromatic N) is 2. The third-order valence-corrected chi connectivity index (χ3v) is 16.2. The Morgan fingerprint density at radius 3 is 1.17 bits per heavy atom. The molecule has 0 spiro atoms. The van der Waals surface area contributed by atoms with Crippen molar-refractivity contribution in [2.45, 2.75) is 39.5 Å². The van der Waals surface area contributed by atoms with Gasteiger partial charge >= 0.3 is 0 Å². The van der Waals surface area contributed by atoms with Gasteiger partial charge in [-0.05, 0) is 94.8 Å². The Morgan fingerprint density at radius 1 is 0.364 bits per heavy atom. The Kier molecular flexibility index (Phi) is 8.74. The van der Waals surface area contributed by atoms with Gasteiger partial charge in [0, 0.05) is 73.0 Å². The highest BCUT2D eigenvalue weighted by molar-refractivity contribution is 7.27. The van der Waals surface area contributed by atoms with Crippen molar-refractivity contribution in [2.75, 3.05) is 0 Å². The van der Waals surface area contributed by atoms with Crippen LogP contribution in [0.15, 0.2) is 170 Å². The molecule has 0 unspecified atom stereocenters. The zero-order chi connectivity index (χ0) is 44.5. The summed E-state index contributed by atoms with van der Waals surface area (Å²) >= 11 is 3.70. The minimum Gasteiger partial charge on any atom is -0.309 e. The van der Waals surface area contributed by atoms with E-state index >= 15 is 8.78 Å². The highest BCUT2D eigenvalue weighted by Crippen LogP contribution is 2.54. The monoisotopic (exact) mass is 892 g/mol. The lowest BCUT2D eigenvalue weighted by Gasteiger charge is -2.32. The second kappa shape index (κ2) is 14.7. The average molecular weight is 893 g/mol. The molecule has 6 heteroatoms. The lowest BCUT2D eigenvalue weighted by Crippen LogP contribution is -2.15. The number of hydrogen-bond acceptors (Lipinski definition) is 2. The standard InChI is InChI=1S/C60H42F2N2S2/c1-33(2)51-53(35-21-25-37(61)26-22-35)58(64-46-18-10-6-16-44(46)56-48(64)32-30-42-40-14-8-12-20-50(40)66-60(42)56)54(36-23-27-38(62)28-24-36)52(34(3)4)57(51)63-45-17-9-5-15-43(45)55-47(63)31-29-41-39-13-7-11-19-49(39)65-59(41)55/h5-34H,1-4H3. The fourth-order valence-corrected chi connectivity index (χ4v) is 13.6. The molecule has 0 saturated carbocycles. The van der Waals surface area contributed by atoms with Crippen LogP contribution in [0.1, 0.15) is 50.7 Å². The van der Waals surface area contributed by atoms with Crippen molar-refractivity contribution in [3.63, 3.8) is 0 Å². The summed E-state index contributed by atoms with van der Waals surface area (Å²) in [5, 5.41) is 9.81. The first-order valence-electron chi connectivity index (χ1n) is 22.7. The number of thiophene rings is 2. The van der Waals surface area contributed by atoms with Crippen LogP contribution in [-0.4, -0.2) is 9.13 Å². The normalized spacial score (nSPS) is 12.4. The van der Waals surface area contributed by atoms with Crippen LogP contribution >= 0.6 is 22.7 Å². The van der Waals surface area contributed by atoms with E-state index in [-0.39, 0.29) is 23.5 Å². The summed E-state index contributed by atoms with van der Waals surface area (Å²) in [6.45, 7) is 9.17. The van der Waals surface area contributed by atoms with Crippen LogP contribution in [0.3, 0.4) is 0 Å². The Balaban J connectivity index is 1.29. The second-order valence-electron chi connectivity index (χ2n) is 18.2. The van der Waals surface area contributed by atoms with E-state index in [9.17, 15) is 0 Å². The third kappa shape index (κ3) is 5.55. The van der Waals surface area contributed by atoms with Crippen LogP contribution in [0.5, 0.6) is 0 Å². The highest BCUT2D eigenvalue weighted by atomic mass is 32.1. The molecule has 66 heavy (non-hydrogen) atoms. The molecule has 0 amide bonds. The van der Waals surface area contributed by atoms with Gasteiger partial charge in [-0.15, -0.1) is 22.7 Å². The molecule has 0 radical (unpaired) electrons. The van der Waals surface area contributed by atoms with Gasteiger partial charge in [-0.2, -0.15) is 0 Å². The number of para-hydroxylation sites is 2. The van der Waals surface area contributed by atoms with E-state index in [1.165, 1.54) is 67.6 Å². The van der Waals surface area contributed by atoms with Gasteiger partial charge in [-0.25, -0.2) is 8.78 Å². The van der Waals surface area contributed by atoms with E-state index in [4.69, 9.17) is 0 Å². The molecule has 0 fully saturated rings. The van der Waals surface area contributed by atoms with Crippen molar-refractivity contribution < 1.29 is 8.78 Å². The molecule has 13 aromatic rings. The number of rotatable bonds is 6. The molecule has 13 rings (SSSR count). The van der Waals surface area contributed by atoms with E-state index in [0.717, 1.165) is 61.1 Å². The van der Waals surface area contributed by atoms with Crippen molar-refractivity contribution in [2.24, 2.45) is 0 Å². The number of hydrogen-bond donors (Lipinski definition) is 0. The molecule has 0 aliphatic rings. The molecule has 4 heterocycles. The minimum absolute atomic E-state index is 0.00485. The van der Waals surface area contributed by atoms with Crippen molar-refractivity contribution in [3.05, 3.63) is 193 Å². The van der Waals surface area contributed by atoms with Gasteiger partial charge in [0.05, 0.1) is 33.4 Å². The van der Waals surface area contributed by atoms with Crippen molar-refractivity contribution in [1.29, 1.82) is 0 Å². The fraction of sp³-hybridized carbons (Fsp3) is 0.100. The predicted octanol–water partition coefficient (Wildman–Crippen LogP) is 18.5. The summed E-state index contributed by atoms with van der Waals surface area (Å²) in [7, 11) is 0. The number of aromatic nitrogens is 2. The molecule has 4 aromatic heterocycles. The highest BCUT2D eigenvalue weighted by Gasteiger charge is 2.33. The van der Waals surface area contributed by atoms with Crippen LogP contribution in [0, 0.1) is 11.6 Å². The third-order valence-electron chi connectivity index (χ3n) is 13.8. The van der Waals surface area contributed by atoms with Crippen molar-refractivity contribution in [3.8, 4) is 33.6 Å². The van der Waals surface area contributed by atoms with Crippen LogP contribution < -0.4 is 0 Å². The van der Waals surface area contributed by atoms with Gasteiger partial charge in [-0.3, -0.25) is 0 Å². The van der Waals surface area contributed by atoms with E-state index in [0.29, 0.717) is 0 Å². The number of benzene rings is 9. The molecule has 0 aliphatic heterocycles. The summed E-state index contributed by atoms with van der Waals surface area (Å²) in [6, 6.07) is 58.3. The smallest absolute Gasteiger partial charge is 0.123 e. The van der Waals surface area contributed by atoms with Gasteiger partial charge in [0.2, 0.25) is 0 Å². The second-order valence-corrected chi connectivity index (χ2v) is 20.3. The zero-order valence-corrected chi connectivity index (χ0v) is 38.4. The Labute approximate surface area is 388 Å².